The molecule has 0 N–H and O–H groups in total. The number of aryl methyl sites for hydroxylation is 2. The molecule has 3 heterocycles. The summed E-state index contributed by atoms with van der Waals surface area (Å²) in [5, 5.41) is 0. The Morgan fingerprint density at radius 1 is 0.828 bits per heavy atom. The average molecular weight is 386 g/mol. The standard InChI is InChI=1S/C24H27N5/c1-19-6-4-9-21(18-19)27-14-16-28(17-15-27)24-25-12-11-23(26-24)29-13-5-8-20-7-2-3-10-22(20)29/h2-4,6-7,9-12,18H,5,8,13-17H2,1H3. The van der Waals surface area contributed by atoms with E-state index in [4.69, 9.17) is 4.98 Å². The summed E-state index contributed by atoms with van der Waals surface area (Å²) < 4.78 is 0. The Labute approximate surface area is 172 Å². The second-order valence-electron chi connectivity index (χ2n) is 7.91. The molecule has 1 aromatic heterocycles. The third kappa shape index (κ3) is 3.65. The van der Waals surface area contributed by atoms with E-state index in [9.17, 15) is 0 Å². The van der Waals surface area contributed by atoms with Crippen molar-refractivity contribution in [2.45, 2.75) is 19.8 Å². The van der Waals surface area contributed by atoms with E-state index in [1.807, 2.05) is 12.3 Å². The number of anilines is 4. The van der Waals surface area contributed by atoms with Crippen molar-refractivity contribution in [1.29, 1.82) is 0 Å². The number of hydrogen-bond donors (Lipinski definition) is 0. The zero-order valence-electron chi connectivity index (χ0n) is 17.0. The highest BCUT2D eigenvalue weighted by Crippen LogP contribution is 2.32. The number of rotatable bonds is 3. The summed E-state index contributed by atoms with van der Waals surface area (Å²) in [6, 6.07) is 19.5. The number of piperazine rings is 1. The topological polar surface area (TPSA) is 35.5 Å². The second kappa shape index (κ2) is 7.74. The normalized spacial score (nSPS) is 16.7. The molecule has 29 heavy (non-hydrogen) atoms. The van der Waals surface area contributed by atoms with Crippen LogP contribution in [0.4, 0.5) is 23.1 Å². The summed E-state index contributed by atoms with van der Waals surface area (Å²) in [4.78, 5) is 16.7. The van der Waals surface area contributed by atoms with E-state index in [0.29, 0.717) is 0 Å². The first kappa shape index (κ1) is 18.0. The molecule has 0 unspecified atom stereocenters. The summed E-state index contributed by atoms with van der Waals surface area (Å²) >= 11 is 0. The lowest BCUT2D eigenvalue weighted by Crippen LogP contribution is -2.47. The van der Waals surface area contributed by atoms with Gasteiger partial charge in [-0.25, -0.2) is 4.98 Å². The maximum Gasteiger partial charge on any atom is 0.227 e. The zero-order valence-corrected chi connectivity index (χ0v) is 17.0. The van der Waals surface area contributed by atoms with Gasteiger partial charge >= 0.3 is 0 Å². The molecule has 5 rings (SSSR count). The van der Waals surface area contributed by atoms with E-state index in [1.54, 1.807) is 0 Å². The van der Waals surface area contributed by atoms with Gasteiger partial charge in [-0.15, -0.1) is 0 Å². The van der Waals surface area contributed by atoms with Crippen molar-refractivity contribution >= 4 is 23.1 Å². The molecule has 0 amide bonds. The van der Waals surface area contributed by atoms with Crippen LogP contribution in [0, 0.1) is 6.92 Å². The van der Waals surface area contributed by atoms with Crippen LogP contribution < -0.4 is 14.7 Å². The smallest absolute Gasteiger partial charge is 0.227 e. The van der Waals surface area contributed by atoms with E-state index < -0.39 is 0 Å². The van der Waals surface area contributed by atoms with Gasteiger partial charge in [0, 0.05) is 50.3 Å². The van der Waals surface area contributed by atoms with Gasteiger partial charge in [-0.1, -0.05) is 30.3 Å². The number of nitrogens with zero attached hydrogens (tertiary/aromatic N) is 5. The Bertz CT molecular complexity index is 994. The van der Waals surface area contributed by atoms with Crippen LogP contribution in [0.15, 0.2) is 60.8 Å². The van der Waals surface area contributed by atoms with Crippen molar-refractivity contribution in [3.63, 3.8) is 0 Å². The molecule has 0 radical (unpaired) electrons. The molecule has 2 aliphatic rings. The van der Waals surface area contributed by atoms with Gasteiger partial charge in [0.15, 0.2) is 0 Å². The van der Waals surface area contributed by atoms with Gasteiger partial charge < -0.3 is 14.7 Å². The molecule has 5 nitrogen and oxygen atoms in total. The Morgan fingerprint density at radius 2 is 1.66 bits per heavy atom. The van der Waals surface area contributed by atoms with Crippen LogP contribution in [0.1, 0.15) is 17.5 Å². The Balaban J connectivity index is 1.33. The maximum atomic E-state index is 4.95. The van der Waals surface area contributed by atoms with E-state index in [0.717, 1.165) is 57.3 Å². The zero-order chi connectivity index (χ0) is 19.6. The Kier molecular flexibility index (Phi) is 4.80. The highest BCUT2D eigenvalue weighted by molar-refractivity contribution is 5.66. The molecular formula is C24H27N5. The predicted octanol–water partition coefficient (Wildman–Crippen LogP) is 4.20. The monoisotopic (exact) mass is 385 g/mol. The second-order valence-corrected chi connectivity index (χ2v) is 7.91. The van der Waals surface area contributed by atoms with Gasteiger partial charge in [-0.05, 0) is 55.2 Å². The summed E-state index contributed by atoms with van der Waals surface area (Å²) in [6.45, 7) is 7.02. The van der Waals surface area contributed by atoms with Crippen molar-refractivity contribution in [3.05, 3.63) is 71.9 Å². The quantitative estimate of drug-likeness (QED) is 0.675. The number of fused-ring (bicyclic) bond motifs is 1. The van der Waals surface area contributed by atoms with Crippen LogP contribution in [0.2, 0.25) is 0 Å². The van der Waals surface area contributed by atoms with Crippen molar-refractivity contribution < 1.29 is 0 Å². The van der Waals surface area contributed by atoms with Gasteiger partial charge in [0.25, 0.3) is 0 Å². The van der Waals surface area contributed by atoms with Gasteiger partial charge in [-0.3, -0.25) is 0 Å². The lowest BCUT2D eigenvalue weighted by Gasteiger charge is -2.36. The molecule has 0 atom stereocenters. The van der Waals surface area contributed by atoms with Crippen molar-refractivity contribution in [2.24, 2.45) is 0 Å². The molecule has 148 valence electrons. The third-order valence-electron chi connectivity index (χ3n) is 5.94. The Hall–Kier alpha value is -3.08. The molecule has 3 aromatic rings. The summed E-state index contributed by atoms with van der Waals surface area (Å²) in [7, 11) is 0. The van der Waals surface area contributed by atoms with Crippen LogP contribution >= 0.6 is 0 Å². The minimum Gasteiger partial charge on any atom is -0.368 e. The average Bonchev–Trinajstić information content (AvgIpc) is 2.79. The van der Waals surface area contributed by atoms with Crippen LogP contribution in [-0.4, -0.2) is 42.7 Å². The largest absolute Gasteiger partial charge is 0.368 e. The van der Waals surface area contributed by atoms with Crippen LogP contribution in [0.3, 0.4) is 0 Å². The highest BCUT2D eigenvalue weighted by Gasteiger charge is 2.22. The fourth-order valence-electron chi connectivity index (χ4n) is 4.40. The van der Waals surface area contributed by atoms with Crippen LogP contribution in [0.25, 0.3) is 0 Å². The van der Waals surface area contributed by atoms with Crippen molar-refractivity contribution in [3.8, 4) is 0 Å². The first-order chi connectivity index (χ1) is 14.3. The van der Waals surface area contributed by atoms with Gasteiger partial charge in [0.1, 0.15) is 5.82 Å². The minimum atomic E-state index is 0.842. The molecule has 0 spiro atoms. The first-order valence-electron chi connectivity index (χ1n) is 10.5. The predicted molar refractivity (Wildman–Crippen MR) is 119 cm³/mol. The lowest BCUT2D eigenvalue weighted by atomic mass is 10.0. The third-order valence-corrected chi connectivity index (χ3v) is 5.94. The first-order valence-corrected chi connectivity index (χ1v) is 10.5. The minimum absolute atomic E-state index is 0.842. The van der Waals surface area contributed by atoms with E-state index in [1.165, 1.54) is 22.5 Å². The fourth-order valence-corrected chi connectivity index (χ4v) is 4.40. The number of hydrogen-bond acceptors (Lipinski definition) is 5. The molecule has 0 bridgehead atoms. The van der Waals surface area contributed by atoms with Gasteiger partial charge in [0.2, 0.25) is 5.95 Å². The molecule has 0 saturated carbocycles. The molecule has 1 fully saturated rings. The fraction of sp³-hybridized carbons (Fsp3) is 0.333. The molecule has 2 aliphatic heterocycles. The van der Waals surface area contributed by atoms with Crippen molar-refractivity contribution in [1.82, 2.24) is 9.97 Å². The number of benzene rings is 2. The Morgan fingerprint density at radius 3 is 2.52 bits per heavy atom. The molecule has 2 aromatic carbocycles. The van der Waals surface area contributed by atoms with E-state index in [-0.39, 0.29) is 0 Å². The lowest BCUT2D eigenvalue weighted by molar-refractivity contribution is 0.639. The molecule has 5 heteroatoms. The molecular weight excluding hydrogens is 358 g/mol. The van der Waals surface area contributed by atoms with Gasteiger partial charge in [0.05, 0.1) is 0 Å². The van der Waals surface area contributed by atoms with E-state index in [2.05, 4.69) is 75.1 Å². The summed E-state index contributed by atoms with van der Waals surface area (Å²) in [5.41, 5.74) is 5.31. The molecule has 1 saturated heterocycles. The summed E-state index contributed by atoms with van der Waals surface area (Å²) in [6.07, 6.45) is 4.21. The highest BCUT2D eigenvalue weighted by atomic mass is 15.3. The summed E-state index contributed by atoms with van der Waals surface area (Å²) in [5.74, 6) is 1.85. The van der Waals surface area contributed by atoms with Crippen LogP contribution in [-0.2, 0) is 6.42 Å². The molecule has 0 aliphatic carbocycles. The number of para-hydroxylation sites is 1. The van der Waals surface area contributed by atoms with Gasteiger partial charge in [-0.2, -0.15) is 4.98 Å². The van der Waals surface area contributed by atoms with Crippen LogP contribution in [0.5, 0.6) is 0 Å². The maximum absolute atomic E-state index is 4.95. The van der Waals surface area contributed by atoms with Crippen molar-refractivity contribution in [2.75, 3.05) is 47.4 Å². The SMILES string of the molecule is Cc1cccc(N2CCN(c3nccc(N4CCCc5ccccc54)n3)CC2)c1. The van der Waals surface area contributed by atoms with E-state index >= 15 is 0 Å². The number of aromatic nitrogens is 2.